The number of carbonyl (C=O) groups is 2. The van der Waals surface area contributed by atoms with Gasteiger partial charge in [-0.15, -0.1) is 0 Å². The number of aromatic nitrogens is 1. The second-order valence-electron chi connectivity index (χ2n) is 8.00. The number of amides is 2. The Balaban J connectivity index is 1.83. The van der Waals surface area contributed by atoms with Gasteiger partial charge in [-0.25, -0.2) is 8.78 Å². The molecule has 1 aromatic heterocycles. The van der Waals surface area contributed by atoms with Gasteiger partial charge in [0, 0.05) is 45.1 Å². The van der Waals surface area contributed by atoms with Gasteiger partial charge < -0.3 is 14.8 Å². The Morgan fingerprint density at radius 2 is 1.97 bits per heavy atom. The van der Waals surface area contributed by atoms with Crippen LogP contribution in [0.1, 0.15) is 49.0 Å². The predicted octanol–water partition coefficient (Wildman–Crippen LogP) is 4.50. The van der Waals surface area contributed by atoms with Crippen molar-refractivity contribution in [1.82, 2.24) is 14.8 Å². The second kappa shape index (κ2) is 8.30. The van der Waals surface area contributed by atoms with E-state index >= 15 is 0 Å². The maximum Gasteiger partial charge on any atom is 0.253 e. The number of nitrogens with one attached hydrogen (secondary N) is 1. The molecule has 8 heteroatoms. The third-order valence-electron chi connectivity index (χ3n) is 5.66. The van der Waals surface area contributed by atoms with Crippen LogP contribution in [0, 0.1) is 5.92 Å². The summed E-state index contributed by atoms with van der Waals surface area (Å²) in [7, 11) is 3.36. The van der Waals surface area contributed by atoms with Crippen LogP contribution in [-0.2, 0) is 4.79 Å². The van der Waals surface area contributed by atoms with E-state index in [1.807, 2.05) is 6.07 Å². The van der Waals surface area contributed by atoms with Gasteiger partial charge in [-0.2, -0.15) is 0 Å². The van der Waals surface area contributed by atoms with Crippen LogP contribution in [0.15, 0.2) is 24.4 Å². The summed E-state index contributed by atoms with van der Waals surface area (Å²) in [4.78, 5) is 26.8. The molecule has 0 spiro atoms. The van der Waals surface area contributed by atoms with Crippen molar-refractivity contribution in [3.8, 4) is 0 Å². The lowest BCUT2D eigenvalue weighted by molar-refractivity contribution is -0.131. The summed E-state index contributed by atoms with van der Waals surface area (Å²) in [6.07, 6.45) is 2.16. The molecule has 1 atom stereocenters. The smallest absolute Gasteiger partial charge is 0.253 e. The number of nitrogens with zero attached hydrogens (tertiary/aromatic N) is 2. The quantitative estimate of drug-likeness (QED) is 0.766. The average Bonchev–Trinajstić information content (AvgIpc) is 3.06. The van der Waals surface area contributed by atoms with Gasteiger partial charge >= 0.3 is 0 Å². The zero-order valence-corrected chi connectivity index (χ0v) is 17.6. The third-order valence-corrected chi connectivity index (χ3v) is 5.97. The topological polar surface area (TPSA) is 54.3 Å². The number of hydrogen-bond donors (Lipinski definition) is 1. The molecule has 0 radical (unpaired) electrons. The summed E-state index contributed by atoms with van der Waals surface area (Å²) in [5.41, 5.74) is 1.08. The van der Waals surface area contributed by atoms with Crippen LogP contribution in [0.2, 0.25) is 5.02 Å². The summed E-state index contributed by atoms with van der Waals surface area (Å²) in [5.74, 6) is -2.96. The van der Waals surface area contributed by atoms with Crippen LogP contribution in [0.25, 0.3) is 10.9 Å². The van der Waals surface area contributed by atoms with E-state index in [9.17, 15) is 18.4 Å². The van der Waals surface area contributed by atoms with Crippen molar-refractivity contribution < 1.29 is 18.4 Å². The monoisotopic (exact) mass is 425 g/mol. The van der Waals surface area contributed by atoms with Crippen LogP contribution < -0.4 is 5.32 Å². The van der Waals surface area contributed by atoms with Crippen LogP contribution in [-0.4, -0.2) is 47.8 Å². The van der Waals surface area contributed by atoms with E-state index in [4.69, 9.17) is 11.6 Å². The molecule has 1 aliphatic carbocycles. The second-order valence-corrected chi connectivity index (χ2v) is 8.41. The maximum atomic E-state index is 13.3. The zero-order chi connectivity index (χ0) is 21.3. The highest BCUT2D eigenvalue weighted by Crippen LogP contribution is 2.36. The van der Waals surface area contributed by atoms with Gasteiger partial charge in [0.15, 0.2) is 0 Å². The van der Waals surface area contributed by atoms with E-state index in [0.717, 1.165) is 0 Å². The van der Waals surface area contributed by atoms with Crippen LogP contribution in [0.3, 0.4) is 0 Å². The molecule has 1 fully saturated rings. The van der Waals surface area contributed by atoms with Crippen LogP contribution in [0.5, 0.6) is 0 Å². The van der Waals surface area contributed by atoms with Gasteiger partial charge in [-0.05, 0) is 37.8 Å². The van der Waals surface area contributed by atoms with Crippen LogP contribution >= 0.6 is 11.6 Å². The Morgan fingerprint density at radius 1 is 1.31 bits per heavy atom. The Hall–Kier alpha value is -2.15. The highest BCUT2D eigenvalue weighted by molar-refractivity contribution is 6.36. The number of rotatable bonds is 5. The Morgan fingerprint density at radius 3 is 2.59 bits per heavy atom. The van der Waals surface area contributed by atoms with Crippen molar-refractivity contribution in [2.45, 2.75) is 44.6 Å². The normalized spacial score (nSPS) is 17.9. The lowest BCUT2D eigenvalue weighted by Gasteiger charge is -2.28. The van der Waals surface area contributed by atoms with E-state index in [2.05, 4.69) is 5.32 Å². The number of alkyl halides is 2. The Labute approximate surface area is 174 Å². The lowest BCUT2D eigenvalue weighted by Crippen LogP contribution is -2.34. The zero-order valence-electron chi connectivity index (χ0n) is 16.8. The average molecular weight is 426 g/mol. The van der Waals surface area contributed by atoms with Crippen molar-refractivity contribution in [1.29, 1.82) is 0 Å². The molecule has 1 N–H and O–H groups in total. The van der Waals surface area contributed by atoms with Crippen molar-refractivity contribution in [2.75, 3.05) is 20.6 Å². The SMILES string of the molecule is CC(C(=O)N(C)C)n1cc(C(=O)NCC2CCC(F)(F)CC2)c2c(Cl)cccc21. The first kappa shape index (κ1) is 21.6. The predicted molar refractivity (Wildman–Crippen MR) is 110 cm³/mol. The molecule has 1 heterocycles. The summed E-state index contributed by atoms with van der Waals surface area (Å²) < 4.78 is 28.4. The molecule has 1 unspecified atom stereocenters. The standard InChI is InChI=1S/C21H26ClF2N3O2/c1-13(20(29)26(2)3)27-12-15(18-16(22)5-4-6-17(18)27)19(28)25-11-14-7-9-21(23,24)10-8-14/h4-6,12-14H,7-11H2,1-3H3,(H,25,28). The first-order valence-corrected chi connectivity index (χ1v) is 10.1. The largest absolute Gasteiger partial charge is 0.352 e. The molecule has 0 saturated heterocycles. The molecule has 5 nitrogen and oxygen atoms in total. The first-order valence-electron chi connectivity index (χ1n) is 9.77. The van der Waals surface area contributed by atoms with Crippen molar-refractivity contribution >= 4 is 34.3 Å². The molecular weight excluding hydrogens is 400 g/mol. The molecule has 158 valence electrons. The van der Waals surface area contributed by atoms with Gasteiger partial charge in [-0.1, -0.05) is 17.7 Å². The molecule has 0 bridgehead atoms. The van der Waals surface area contributed by atoms with E-state index < -0.39 is 12.0 Å². The minimum absolute atomic E-state index is 0.0386. The number of benzene rings is 1. The fourth-order valence-corrected chi connectivity index (χ4v) is 4.16. The molecule has 1 aliphatic rings. The summed E-state index contributed by atoms with van der Waals surface area (Å²) in [6.45, 7) is 2.12. The number of halogens is 3. The minimum Gasteiger partial charge on any atom is -0.352 e. The number of carbonyl (C=O) groups excluding carboxylic acids is 2. The molecule has 2 aromatic rings. The van der Waals surface area contributed by atoms with Gasteiger partial charge in [0.2, 0.25) is 11.8 Å². The van der Waals surface area contributed by atoms with Crippen LogP contribution in [0.4, 0.5) is 8.78 Å². The van der Waals surface area contributed by atoms with E-state index in [1.165, 1.54) is 4.90 Å². The Bertz CT molecular complexity index is 916. The molecule has 3 rings (SSSR count). The highest BCUT2D eigenvalue weighted by atomic mass is 35.5. The first-order chi connectivity index (χ1) is 13.6. The molecule has 2 amide bonds. The van der Waals surface area contributed by atoms with Crippen molar-refractivity contribution in [2.24, 2.45) is 5.92 Å². The minimum atomic E-state index is -2.59. The fraction of sp³-hybridized carbons (Fsp3) is 0.524. The number of hydrogen-bond acceptors (Lipinski definition) is 2. The number of likely N-dealkylation sites (N-methyl/N-ethyl adjacent to an activating group) is 1. The van der Waals surface area contributed by atoms with E-state index in [1.54, 1.807) is 43.9 Å². The molecular formula is C21H26ClF2N3O2. The van der Waals surface area contributed by atoms with E-state index in [-0.39, 0.29) is 30.6 Å². The summed E-state index contributed by atoms with van der Waals surface area (Å²) in [6, 6.07) is 4.79. The molecule has 1 saturated carbocycles. The summed E-state index contributed by atoms with van der Waals surface area (Å²) in [5, 5.41) is 3.88. The third kappa shape index (κ3) is 4.55. The van der Waals surface area contributed by atoms with Gasteiger partial charge in [-0.3, -0.25) is 9.59 Å². The lowest BCUT2D eigenvalue weighted by atomic mass is 9.87. The van der Waals surface area contributed by atoms with Gasteiger partial charge in [0.05, 0.1) is 16.1 Å². The van der Waals surface area contributed by atoms with E-state index in [0.29, 0.717) is 40.9 Å². The molecule has 0 aliphatic heterocycles. The highest BCUT2D eigenvalue weighted by Gasteiger charge is 2.35. The van der Waals surface area contributed by atoms with Crippen molar-refractivity contribution in [3.63, 3.8) is 0 Å². The number of fused-ring (bicyclic) bond motifs is 1. The fourth-order valence-electron chi connectivity index (χ4n) is 3.89. The Kier molecular flexibility index (Phi) is 6.17. The van der Waals surface area contributed by atoms with Crippen molar-refractivity contribution in [3.05, 3.63) is 35.0 Å². The molecule has 1 aromatic carbocycles. The van der Waals surface area contributed by atoms with Gasteiger partial charge in [0.25, 0.3) is 5.91 Å². The summed E-state index contributed by atoms with van der Waals surface area (Å²) >= 11 is 6.37. The maximum absolute atomic E-state index is 13.3. The molecule has 29 heavy (non-hydrogen) atoms. The van der Waals surface area contributed by atoms with Gasteiger partial charge in [0.1, 0.15) is 6.04 Å².